The summed E-state index contributed by atoms with van der Waals surface area (Å²) in [4.78, 5) is 23.0. The highest BCUT2D eigenvalue weighted by Crippen LogP contribution is 2.55. The van der Waals surface area contributed by atoms with E-state index in [0.29, 0.717) is 41.2 Å². The molecule has 2 unspecified atom stereocenters. The SMILES string of the molecule is COC(=O)c1cc(B(O)O)ccc1Cl.COC(=O)c1cc(C2C=C[N+](c3c(C)cc(C(F)(C(F)(F)F)C(F)(F)F)cc3C)=C2)ccc1Cl.Cc1cc(C(F)(C(F)(F)F)C(F)(F)F)cc(C)c1[N+]1=CC(I)C=C1. The second-order valence-corrected chi connectivity index (χ2v) is 18.1. The summed E-state index contributed by atoms with van der Waals surface area (Å²) in [5.41, 5.74) is -11.8. The van der Waals surface area contributed by atoms with Crippen LogP contribution in [0.25, 0.3) is 0 Å². The van der Waals surface area contributed by atoms with Crippen LogP contribution in [0.5, 0.6) is 0 Å². The number of hydrogen-bond acceptors (Lipinski definition) is 6. The van der Waals surface area contributed by atoms with Crippen molar-refractivity contribution in [1.29, 1.82) is 0 Å². The Kier molecular flexibility index (Phi) is 18.4. The van der Waals surface area contributed by atoms with E-state index in [1.807, 2.05) is 0 Å². The quantitative estimate of drug-likeness (QED) is 0.0455. The van der Waals surface area contributed by atoms with Crippen LogP contribution in [-0.2, 0) is 20.8 Å². The predicted molar refractivity (Wildman–Crippen MR) is 248 cm³/mol. The molecular weight excluding hydrogens is 1150 g/mol. The Hall–Kier alpha value is -5.05. The highest BCUT2D eigenvalue weighted by atomic mass is 127. The summed E-state index contributed by atoms with van der Waals surface area (Å²) in [7, 11) is 0.796. The van der Waals surface area contributed by atoms with Gasteiger partial charge in [-0.2, -0.15) is 61.8 Å². The van der Waals surface area contributed by atoms with Crippen molar-refractivity contribution in [1.82, 2.24) is 0 Å². The standard InChI is InChI=1S/C23H18ClF7NO2.C15H12F7IN.C8H8BClO4/c1-12-8-16(21(25,22(26,27)28)23(29,30)31)9-13(2)19(12)32-7-6-15(11-32)14-4-5-18(24)17(10-14)20(33)34-3;1-8-5-10(13(16,14(17,18)19)15(20,21)22)6-9(2)12(8)24-4-3-11(23)7-24;1-14-8(11)6-4-5(9(12)13)2-3-7(6)10/h4-11,15H,1-3H3;3-7,11H,1-2H3;2-4,12-13H,1H3/q2*+1;. The number of allylic oxidation sites excluding steroid dienone is 2. The van der Waals surface area contributed by atoms with E-state index in [2.05, 4.69) is 27.3 Å². The topological polar surface area (TPSA) is 99.1 Å². The maximum atomic E-state index is 14.5. The second-order valence-electron chi connectivity index (χ2n) is 15.8. The van der Waals surface area contributed by atoms with Crippen molar-refractivity contribution in [3.8, 4) is 0 Å². The second kappa shape index (κ2) is 22.2. The molecular formula is C46H38BCl2F14IN2O6+2. The minimum absolute atomic E-state index is 0.0124. The lowest BCUT2D eigenvalue weighted by Gasteiger charge is -2.30. The molecule has 388 valence electrons. The number of alkyl halides is 15. The fourth-order valence-electron chi connectivity index (χ4n) is 7.47. The Morgan fingerprint density at radius 1 is 0.569 bits per heavy atom. The molecule has 6 rings (SSSR count). The number of hydrogen-bond donors (Lipinski definition) is 2. The molecule has 4 aromatic rings. The van der Waals surface area contributed by atoms with E-state index in [1.165, 1.54) is 76.8 Å². The van der Waals surface area contributed by atoms with Gasteiger partial charge in [-0.1, -0.05) is 57.9 Å². The Balaban J connectivity index is 0.000000256. The van der Waals surface area contributed by atoms with Gasteiger partial charge in [0.2, 0.25) is 11.4 Å². The number of aryl methyl sites for hydroxylation is 4. The Morgan fingerprint density at radius 2 is 0.931 bits per heavy atom. The van der Waals surface area contributed by atoms with Gasteiger partial charge in [0.1, 0.15) is 3.92 Å². The van der Waals surface area contributed by atoms with Crippen molar-refractivity contribution in [3.63, 3.8) is 0 Å². The first-order chi connectivity index (χ1) is 33.0. The number of nitrogens with zero attached hydrogens (tertiary/aromatic N) is 2. The number of carbonyl (C=O) groups excluding carboxylic acids is 2. The summed E-state index contributed by atoms with van der Waals surface area (Å²) < 4.78 is 197. The van der Waals surface area contributed by atoms with Crippen LogP contribution in [0.3, 0.4) is 0 Å². The predicted octanol–water partition coefficient (Wildman–Crippen LogP) is 12.5. The molecule has 0 aromatic heterocycles. The molecule has 4 aromatic carbocycles. The highest BCUT2D eigenvalue weighted by Gasteiger charge is 2.74. The molecule has 0 aliphatic carbocycles. The third-order valence-corrected chi connectivity index (χ3v) is 12.2. The minimum atomic E-state index is -6.19. The zero-order valence-corrected chi connectivity index (χ0v) is 41.5. The van der Waals surface area contributed by atoms with Crippen LogP contribution in [0.1, 0.15) is 65.6 Å². The summed E-state index contributed by atoms with van der Waals surface area (Å²) in [6.45, 7) is 5.29. The van der Waals surface area contributed by atoms with Crippen LogP contribution in [0.2, 0.25) is 10.0 Å². The summed E-state index contributed by atoms with van der Waals surface area (Å²) >= 11 is 13.8. The maximum Gasteiger partial charge on any atom is 0.488 e. The fraction of sp³-hybridized carbons (Fsp3) is 0.304. The van der Waals surface area contributed by atoms with Gasteiger partial charge in [0, 0.05) is 39.5 Å². The number of halogens is 17. The van der Waals surface area contributed by atoms with Crippen LogP contribution in [0, 0.1) is 27.7 Å². The Morgan fingerprint density at radius 3 is 1.28 bits per heavy atom. The Labute approximate surface area is 425 Å². The van der Waals surface area contributed by atoms with Crippen LogP contribution >= 0.6 is 45.8 Å². The zero-order valence-electron chi connectivity index (χ0n) is 37.8. The third-order valence-electron chi connectivity index (χ3n) is 10.8. The minimum Gasteiger partial charge on any atom is -0.465 e. The lowest BCUT2D eigenvalue weighted by Crippen LogP contribution is -2.50. The largest absolute Gasteiger partial charge is 0.488 e. The Bertz CT molecular complexity index is 2770. The molecule has 2 aliphatic heterocycles. The van der Waals surface area contributed by atoms with Crippen LogP contribution in [0.4, 0.5) is 72.8 Å². The number of esters is 2. The van der Waals surface area contributed by atoms with Gasteiger partial charge >= 0.3 is 55.1 Å². The number of ether oxygens (including phenoxy) is 2. The first kappa shape index (κ1) is 59.5. The average molecular weight is 1190 g/mol. The van der Waals surface area contributed by atoms with Gasteiger partial charge in [-0.05, 0) is 93.3 Å². The molecule has 0 radical (unpaired) electrons. The average Bonchev–Trinajstić information content (AvgIpc) is 3.93. The molecule has 0 saturated carbocycles. The van der Waals surface area contributed by atoms with Gasteiger partial charge in [-0.15, -0.1) is 0 Å². The summed E-state index contributed by atoms with van der Waals surface area (Å²) in [6.07, 6.45) is -14.5. The molecule has 0 fully saturated rings. The highest BCUT2D eigenvalue weighted by molar-refractivity contribution is 14.1. The summed E-state index contributed by atoms with van der Waals surface area (Å²) in [5, 5.41) is 18.1. The number of methoxy groups -OCH3 is 2. The van der Waals surface area contributed by atoms with Crippen molar-refractivity contribution >= 4 is 94.1 Å². The van der Waals surface area contributed by atoms with E-state index in [0.717, 1.165) is 0 Å². The molecule has 0 bridgehead atoms. The van der Waals surface area contributed by atoms with Crippen molar-refractivity contribution in [2.75, 3.05) is 14.2 Å². The van der Waals surface area contributed by atoms with E-state index in [-0.39, 0.29) is 58.7 Å². The monoisotopic (exact) mass is 1190 g/mol. The fourth-order valence-corrected chi connectivity index (χ4v) is 8.39. The molecule has 2 aliphatic rings. The van der Waals surface area contributed by atoms with Crippen LogP contribution in [0.15, 0.2) is 85.2 Å². The molecule has 0 amide bonds. The van der Waals surface area contributed by atoms with Crippen LogP contribution in [-0.4, -0.2) is 93.5 Å². The molecule has 8 nitrogen and oxygen atoms in total. The van der Waals surface area contributed by atoms with Crippen molar-refractivity contribution < 1.29 is 99.7 Å². The molecule has 2 heterocycles. The first-order valence-electron chi connectivity index (χ1n) is 20.2. The molecule has 0 spiro atoms. The molecule has 72 heavy (non-hydrogen) atoms. The van der Waals surface area contributed by atoms with Gasteiger partial charge in [-0.25, -0.2) is 18.4 Å². The number of rotatable bonds is 8. The number of benzene rings is 4. The molecule has 26 heteroatoms. The van der Waals surface area contributed by atoms with Crippen molar-refractivity contribution in [2.24, 2.45) is 0 Å². The summed E-state index contributed by atoms with van der Waals surface area (Å²) in [6, 6.07) is 11.1. The third kappa shape index (κ3) is 12.3. The normalized spacial score (nSPS) is 16.0. The lowest BCUT2D eigenvalue weighted by atomic mass is 9.79. The van der Waals surface area contributed by atoms with E-state index in [1.54, 1.807) is 47.6 Å². The molecule has 0 saturated heterocycles. The summed E-state index contributed by atoms with van der Waals surface area (Å²) in [5.74, 6) is -1.64. The van der Waals surface area contributed by atoms with Crippen molar-refractivity contribution in [3.05, 3.63) is 145 Å². The first-order valence-corrected chi connectivity index (χ1v) is 22.2. The van der Waals surface area contributed by atoms with Gasteiger partial charge < -0.3 is 19.5 Å². The van der Waals surface area contributed by atoms with E-state index >= 15 is 0 Å². The van der Waals surface area contributed by atoms with Gasteiger partial charge in [0.05, 0.1) is 41.3 Å². The molecule has 2 atom stereocenters. The van der Waals surface area contributed by atoms with E-state index < -0.39 is 66.2 Å². The van der Waals surface area contributed by atoms with Gasteiger partial charge in [0.25, 0.3) is 0 Å². The maximum absolute atomic E-state index is 14.5. The molecule has 2 N–H and O–H groups in total. The van der Waals surface area contributed by atoms with Gasteiger partial charge in [0.15, 0.2) is 24.8 Å². The number of carbonyl (C=O) groups is 2. The van der Waals surface area contributed by atoms with Crippen molar-refractivity contribution in [2.45, 2.75) is 73.6 Å². The van der Waals surface area contributed by atoms with E-state index in [4.69, 9.17) is 38.0 Å². The van der Waals surface area contributed by atoms with Crippen LogP contribution < -0.4 is 5.46 Å². The smallest absolute Gasteiger partial charge is 0.465 e. The van der Waals surface area contributed by atoms with E-state index in [9.17, 15) is 71.1 Å². The lowest BCUT2D eigenvalue weighted by molar-refractivity contribution is -0.354. The van der Waals surface area contributed by atoms with Gasteiger partial charge in [-0.3, -0.25) is 0 Å². The zero-order chi connectivity index (χ0) is 54.9.